The molecule has 0 amide bonds. The fourth-order valence-electron chi connectivity index (χ4n) is 4.00. The molecule has 0 radical (unpaired) electrons. The minimum atomic E-state index is -3.44. The summed E-state index contributed by atoms with van der Waals surface area (Å²) in [5, 5.41) is 3.21. The largest absolute Gasteiger partial charge is 0.469 e. The lowest BCUT2D eigenvalue weighted by molar-refractivity contribution is -0.145. The highest BCUT2D eigenvalue weighted by Gasteiger charge is 2.37. The van der Waals surface area contributed by atoms with Crippen LogP contribution in [0.1, 0.15) is 19.4 Å². The van der Waals surface area contributed by atoms with Crippen molar-refractivity contribution >= 4 is 27.6 Å². The number of likely N-dealkylation sites (tertiary alicyclic amines) is 1. The Balaban J connectivity index is 1.66. The van der Waals surface area contributed by atoms with Crippen LogP contribution >= 0.6 is 0 Å². The first-order chi connectivity index (χ1) is 13.9. The van der Waals surface area contributed by atoms with Gasteiger partial charge in [0.25, 0.3) is 0 Å². The van der Waals surface area contributed by atoms with Crippen LogP contribution in [0.15, 0.2) is 29.3 Å². The zero-order valence-corrected chi connectivity index (χ0v) is 18.1. The number of nitrogens with zero attached hydrogens (tertiary/aromatic N) is 3. The Kier molecular flexibility index (Phi) is 6.66. The van der Waals surface area contributed by atoms with Gasteiger partial charge in [0.15, 0.2) is 5.96 Å². The molecule has 2 aliphatic rings. The average Bonchev–Trinajstić information content (AvgIpc) is 3.30. The van der Waals surface area contributed by atoms with Crippen molar-refractivity contribution in [1.29, 1.82) is 0 Å². The van der Waals surface area contributed by atoms with Crippen LogP contribution in [0.3, 0.4) is 0 Å². The van der Waals surface area contributed by atoms with E-state index in [2.05, 4.69) is 10.3 Å². The Hall–Kier alpha value is -2.29. The monoisotopic (exact) mass is 422 g/mol. The number of ether oxygens (including phenoxy) is 1. The molecule has 8 nitrogen and oxygen atoms in total. The number of aliphatic imine (C=N–C) groups is 1. The lowest BCUT2D eigenvalue weighted by Crippen LogP contribution is -2.41. The summed E-state index contributed by atoms with van der Waals surface area (Å²) in [6.07, 6.45) is 0.738. The quantitative estimate of drug-likeness (QED) is 0.419. The number of esters is 1. The van der Waals surface area contributed by atoms with Gasteiger partial charge in [0.1, 0.15) is 0 Å². The van der Waals surface area contributed by atoms with Crippen LogP contribution in [-0.2, 0) is 26.0 Å². The molecule has 1 aromatic carbocycles. The van der Waals surface area contributed by atoms with Crippen molar-refractivity contribution in [2.75, 3.05) is 49.9 Å². The number of carbonyl (C=O) groups excluding carboxylic acids is 1. The zero-order chi connectivity index (χ0) is 21.0. The van der Waals surface area contributed by atoms with Crippen LogP contribution < -0.4 is 9.62 Å². The van der Waals surface area contributed by atoms with Crippen LogP contribution in [0, 0.1) is 11.8 Å². The number of nitrogens with one attached hydrogen (secondary N) is 1. The Labute approximate surface area is 173 Å². The predicted molar refractivity (Wildman–Crippen MR) is 114 cm³/mol. The summed E-state index contributed by atoms with van der Waals surface area (Å²) < 4.78 is 32.1. The second-order valence-corrected chi connectivity index (χ2v) is 9.53. The Morgan fingerprint density at radius 3 is 2.79 bits per heavy atom. The molecule has 9 heteroatoms. The highest BCUT2D eigenvalue weighted by molar-refractivity contribution is 7.92. The van der Waals surface area contributed by atoms with Gasteiger partial charge in [-0.25, -0.2) is 8.42 Å². The summed E-state index contributed by atoms with van der Waals surface area (Å²) in [4.78, 5) is 18.5. The maximum absolute atomic E-state index is 12.8. The number of benzene rings is 1. The van der Waals surface area contributed by atoms with Gasteiger partial charge >= 0.3 is 5.97 Å². The molecule has 0 saturated carbocycles. The zero-order valence-electron chi connectivity index (χ0n) is 17.3. The molecular formula is C20H30N4O4S. The number of hydrogen-bond acceptors (Lipinski definition) is 5. The van der Waals surface area contributed by atoms with E-state index in [1.807, 2.05) is 43.0 Å². The van der Waals surface area contributed by atoms with Crippen LogP contribution in [0.4, 0.5) is 5.69 Å². The van der Waals surface area contributed by atoms with Gasteiger partial charge in [-0.15, -0.1) is 0 Å². The molecule has 160 valence electrons. The Bertz CT molecular complexity index is 871. The van der Waals surface area contributed by atoms with Gasteiger partial charge in [-0.1, -0.05) is 25.1 Å². The van der Waals surface area contributed by atoms with Crippen molar-refractivity contribution in [1.82, 2.24) is 10.2 Å². The number of sulfonamides is 1. The number of rotatable bonds is 6. The minimum absolute atomic E-state index is 0.0555. The fraction of sp³-hybridized carbons (Fsp3) is 0.600. The topological polar surface area (TPSA) is 91.3 Å². The van der Waals surface area contributed by atoms with E-state index in [4.69, 9.17) is 4.74 Å². The van der Waals surface area contributed by atoms with E-state index in [9.17, 15) is 13.2 Å². The molecule has 0 spiro atoms. The Morgan fingerprint density at radius 1 is 1.31 bits per heavy atom. The molecule has 0 aromatic heterocycles. The molecule has 1 fully saturated rings. The molecule has 29 heavy (non-hydrogen) atoms. The van der Waals surface area contributed by atoms with Gasteiger partial charge < -0.3 is 15.0 Å². The standard InChI is InChI=1S/C20H30N4O4S/c1-4-21-20(23-13-15(2)17(14-23)19(25)28-3)22-10-12-29(26,27)24-11-9-16-7-5-6-8-18(16)24/h5-8,15,17H,4,9-14H2,1-3H3,(H,21,22). The summed E-state index contributed by atoms with van der Waals surface area (Å²) in [6.45, 7) is 6.49. The number of carbonyl (C=O) groups is 1. The van der Waals surface area contributed by atoms with Gasteiger partial charge in [-0.3, -0.25) is 14.1 Å². The SMILES string of the molecule is CCNC(=NCCS(=O)(=O)N1CCc2ccccc21)N1CC(C)C(C(=O)OC)C1. The second kappa shape index (κ2) is 9.02. The first kappa shape index (κ1) is 21.4. The highest BCUT2D eigenvalue weighted by Crippen LogP contribution is 2.30. The lowest BCUT2D eigenvalue weighted by Gasteiger charge is -2.22. The number of guanidine groups is 1. The number of methoxy groups -OCH3 is 1. The predicted octanol–water partition coefficient (Wildman–Crippen LogP) is 1.09. The van der Waals surface area contributed by atoms with Gasteiger partial charge in [0.2, 0.25) is 10.0 Å². The third-order valence-electron chi connectivity index (χ3n) is 5.54. The van der Waals surface area contributed by atoms with Crippen molar-refractivity contribution in [3.63, 3.8) is 0 Å². The molecule has 1 N–H and O–H groups in total. The Morgan fingerprint density at radius 2 is 2.07 bits per heavy atom. The number of hydrogen-bond donors (Lipinski definition) is 1. The van der Waals surface area contributed by atoms with Crippen LogP contribution in [-0.4, -0.2) is 70.8 Å². The fourth-order valence-corrected chi connectivity index (χ4v) is 5.39. The highest BCUT2D eigenvalue weighted by atomic mass is 32.2. The number of fused-ring (bicyclic) bond motifs is 1. The number of anilines is 1. The minimum Gasteiger partial charge on any atom is -0.469 e. The summed E-state index contributed by atoms with van der Waals surface area (Å²) in [7, 11) is -2.04. The van der Waals surface area contributed by atoms with Gasteiger partial charge in [0.05, 0.1) is 31.0 Å². The van der Waals surface area contributed by atoms with E-state index >= 15 is 0 Å². The smallest absolute Gasteiger partial charge is 0.310 e. The maximum atomic E-state index is 12.8. The van der Waals surface area contributed by atoms with E-state index in [1.54, 1.807) is 0 Å². The van der Waals surface area contributed by atoms with Crippen molar-refractivity contribution in [3.8, 4) is 0 Å². The van der Waals surface area contributed by atoms with Crippen molar-refractivity contribution < 1.29 is 17.9 Å². The van der Waals surface area contributed by atoms with Crippen LogP contribution in [0.25, 0.3) is 0 Å². The van der Waals surface area contributed by atoms with E-state index in [0.29, 0.717) is 32.1 Å². The summed E-state index contributed by atoms with van der Waals surface area (Å²) in [5.74, 6) is 0.318. The molecule has 0 bridgehead atoms. The molecule has 2 aliphatic heterocycles. The van der Waals surface area contributed by atoms with Crippen molar-refractivity contribution in [2.45, 2.75) is 20.3 Å². The molecule has 1 saturated heterocycles. The van der Waals surface area contributed by atoms with Gasteiger partial charge in [0, 0.05) is 26.2 Å². The molecular weight excluding hydrogens is 392 g/mol. The first-order valence-corrected chi connectivity index (χ1v) is 11.7. The normalized spacial score (nSPS) is 22.0. The third-order valence-corrected chi connectivity index (χ3v) is 7.29. The summed E-state index contributed by atoms with van der Waals surface area (Å²) in [6, 6.07) is 7.62. The lowest BCUT2D eigenvalue weighted by atomic mass is 9.99. The first-order valence-electron chi connectivity index (χ1n) is 10.1. The molecule has 3 rings (SSSR count). The van der Waals surface area contributed by atoms with Crippen molar-refractivity contribution in [3.05, 3.63) is 29.8 Å². The van der Waals surface area contributed by atoms with E-state index in [0.717, 1.165) is 17.7 Å². The summed E-state index contributed by atoms with van der Waals surface area (Å²) >= 11 is 0. The molecule has 2 heterocycles. The number of para-hydroxylation sites is 1. The molecule has 1 aromatic rings. The van der Waals surface area contributed by atoms with Gasteiger partial charge in [-0.05, 0) is 30.9 Å². The average molecular weight is 423 g/mol. The van der Waals surface area contributed by atoms with E-state index in [1.165, 1.54) is 11.4 Å². The van der Waals surface area contributed by atoms with Crippen molar-refractivity contribution in [2.24, 2.45) is 16.8 Å². The van der Waals surface area contributed by atoms with Crippen LogP contribution in [0.2, 0.25) is 0 Å². The second-order valence-electron chi connectivity index (χ2n) is 7.51. The van der Waals surface area contributed by atoms with Gasteiger partial charge in [-0.2, -0.15) is 0 Å². The summed E-state index contributed by atoms with van der Waals surface area (Å²) in [5.41, 5.74) is 1.84. The van der Waals surface area contributed by atoms with Crippen LogP contribution in [0.5, 0.6) is 0 Å². The molecule has 2 atom stereocenters. The van der Waals surface area contributed by atoms with E-state index < -0.39 is 10.0 Å². The molecule has 2 unspecified atom stereocenters. The van der Waals surface area contributed by atoms with E-state index in [-0.39, 0.29) is 30.1 Å². The third kappa shape index (κ3) is 4.66. The molecule has 0 aliphatic carbocycles. The maximum Gasteiger partial charge on any atom is 0.310 e.